The topological polar surface area (TPSA) is 67.2 Å². The Morgan fingerprint density at radius 3 is 2.79 bits per heavy atom. The number of nitrogens with one attached hydrogen (secondary N) is 1. The molecule has 2 rings (SSSR count). The molecule has 2 aromatic rings. The first kappa shape index (κ1) is 18.0. The Kier molecular flexibility index (Phi) is 5.98. The first-order valence-electron chi connectivity index (χ1n) is 7.70. The van der Waals surface area contributed by atoms with Crippen LogP contribution in [0.4, 0.5) is 0 Å². The summed E-state index contributed by atoms with van der Waals surface area (Å²) in [4.78, 5) is 25.0. The lowest BCUT2D eigenvalue weighted by Crippen LogP contribution is -2.31. The fourth-order valence-corrected chi connectivity index (χ4v) is 2.56. The van der Waals surface area contributed by atoms with Gasteiger partial charge in [-0.2, -0.15) is 5.10 Å². The number of carbonyl (C=O) groups excluding carboxylic acids is 2. The molecule has 0 aliphatic heterocycles. The van der Waals surface area contributed by atoms with Crippen LogP contribution in [0.1, 0.15) is 29.4 Å². The Labute approximate surface area is 146 Å². The van der Waals surface area contributed by atoms with E-state index in [0.717, 1.165) is 11.4 Å². The van der Waals surface area contributed by atoms with Crippen molar-refractivity contribution >= 4 is 23.4 Å². The molecule has 0 spiro atoms. The molecule has 0 atom stereocenters. The Morgan fingerprint density at radius 2 is 2.12 bits per heavy atom. The number of rotatable bonds is 6. The average molecular weight is 349 g/mol. The standard InChI is InChI=1S/C17H21ClN4O2/c1-12-16(17(24)21(3)9-5-8-19-13(2)23)11-20-22(12)15-7-4-6-14(18)10-15/h4,6-7,10-11H,5,8-9H2,1-3H3,(H,19,23). The number of hydrogen-bond acceptors (Lipinski definition) is 3. The lowest BCUT2D eigenvalue weighted by atomic mass is 10.2. The van der Waals surface area contributed by atoms with Gasteiger partial charge in [0.15, 0.2) is 0 Å². The third-order valence-electron chi connectivity index (χ3n) is 3.68. The maximum absolute atomic E-state index is 12.6. The largest absolute Gasteiger partial charge is 0.356 e. The van der Waals surface area contributed by atoms with Crippen molar-refractivity contribution in [2.75, 3.05) is 20.1 Å². The van der Waals surface area contributed by atoms with Crippen LogP contribution < -0.4 is 5.32 Å². The number of halogens is 1. The molecule has 0 aliphatic carbocycles. The Morgan fingerprint density at radius 1 is 1.38 bits per heavy atom. The third kappa shape index (κ3) is 4.35. The van der Waals surface area contributed by atoms with E-state index in [0.29, 0.717) is 30.1 Å². The average Bonchev–Trinajstić information content (AvgIpc) is 2.92. The normalized spacial score (nSPS) is 10.5. The van der Waals surface area contributed by atoms with Gasteiger partial charge >= 0.3 is 0 Å². The number of carbonyl (C=O) groups is 2. The monoisotopic (exact) mass is 348 g/mol. The van der Waals surface area contributed by atoms with Crippen molar-refractivity contribution in [3.05, 3.63) is 46.7 Å². The van der Waals surface area contributed by atoms with Crippen LogP contribution in [0.5, 0.6) is 0 Å². The van der Waals surface area contributed by atoms with Crippen LogP contribution in [0.3, 0.4) is 0 Å². The van der Waals surface area contributed by atoms with Crippen LogP contribution >= 0.6 is 11.6 Å². The van der Waals surface area contributed by atoms with Crippen LogP contribution in [0, 0.1) is 6.92 Å². The van der Waals surface area contributed by atoms with Gasteiger partial charge in [-0.1, -0.05) is 17.7 Å². The molecule has 6 nitrogen and oxygen atoms in total. The van der Waals surface area contributed by atoms with Gasteiger partial charge in [-0.15, -0.1) is 0 Å². The fourth-order valence-electron chi connectivity index (χ4n) is 2.38. The van der Waals surface area contributed by atoms with E-state index in [1.807, 2.05) is 19.1 Å². The molecule has 2 amide bonds. The lowest BCUT2D eigenvalue weighted by molar-refractivity contribution is -0.118. The maximum Gasteiger partial charge on any atom is 0.257 e. The second-order valence-electron chi connectivity index (χ2n) is 5.60. The van der Waals surface area contributed by atoms with E-state index < -0.39 is 0 Å². The van der Waals surface area contributed by atoms with E-state index in [2.05, 4.69) is 10.4 Å². The summed E-state index contributed by atoms with van der Waals surface area (Å²) in [6.45, 7) is 4.43. The molecule has 1 aromatic carbocycles. The molecule has 128 valence electrons. The molecule has 1 heterocycles. The van der Waals surface area contributed by atoms with E-state index >= 15 is 0 Å². The predicted octanol–water partition coefficient (Wildman–Crippen LogP) is 2.43. The zero-order valence-electron chi connectivity index (χ0n) is 14.0. The van der Waals surface area contributed by atoms with Crippen LogP contribution in [0.2, 0.25) is 5.02 Å². The first-order chi connectivity index (χ1) is 11.4. The minimum absolute atomic E-state index is 0.0670. The van der Waals surface area contributed by atoms with Gasteiger partial charge in [0.05, 0.1) is 23.1 Å². The van der Waals surface area contributed by atoms with Crippen molar-refractivity contribution in [2.45, 2.75) is 20.3 Å². The Hall–Kier alpha value is -2.34. The molecule has 24 heavy (non-hydrogen) atoms. The molecule has 0 fully saturated rings. The summed E-state index contributed by atoms with van der Waals surface area (Å²) < 4.78 is 1.70. The molecule has 7 heteroatoms. The second kappa shape index (κ2) is 7.97. The summed E-state index contributed by atoms with van der Waals surface area (Å²) in [5.74, 6) is -0.161. The van der Waals surface area contributed by atoms with E-state index in [9.17, 15) is 9.59 Å². The summed E-state index contributed by atoms with van der Waals surface area (Å²) in [7, 11) is 1.74. The Bertz CT molecular complexity index is 742. The zero-order valence-corrected chi connectivity index (χ0v) is 14.8. The zero-order chi connectivity index (χ0) is 17.7. The van der Waals surface area contributed by atoms with Crippen LogP contribution in [-0.4, -0.2) is 46.6 Å². The minimum atomic E-state index is -0.0939. The second-order valence-corrected chi connectivity index (χ2v) is 6.03. The van der Waals surface area contributed by atoms with Crippen LogP contribution in [-0.2, 0) is 4.79 Å². The Balaban J connectivity index is 2.06. The third-order valence-corrected chi connectivity index (χ3v) is 3.92. The highest BCUT2D eigenvalue weighted by atomic mass is 35.5. The quantitative estimate of drug-likeness (QED) is 0.815. The van der Waals surface area contributed by atoms with Gasteiger partial charge in [0.1, 0.15) is 0 Å². The van der Waals surface area contributed by atoms with Crippen LogP contribution in [0.25, 0.3) is 5.69 Å². The number of nitrogens with zero attached hydrogens (tertiary/aromatic N) is 3. The van der Waals surface area contributed by atoms with Gasteiger partial charge in [0, 0.05) is 32.1 Å². The highest BCUT2D eigenvalue weighted by molar-refractivity contribution is 6.30. The van der Waals surface area contributed by atoms with Crippen molar-refractivity contribution in [1.29, 1.82) is 0 Å². The molecule has 1 aromatic heterocycles. The van der Waals surface area contributed by atoms with Gasteiger partial charge in [-0.3, -0.25) is 9.59 Å². The molecule has 0 saturated heterocycles. The fraction of sp³-hybridized carbons (Fsp3) is 0.353. The number of hydrogen-bond donors (Lipinski definition) is 1. The summed E-state index contributed by atoms with van der Waals surface area (Å²) in [5.41, 5.74) is 2.13. The van der Waals surface area contributed by atoms with Gasteiger partial charge in [0.25, 0.3) is 5.91 Å². The summed E-state index contributed by atoms with van der Waals surface area (Å²) >= 11 is 6.01. The van der Waals surface area contributed by atoms with Crippen molar-refractivity contribution < 1.29 is 9.59 Å². The molecule has 0 radical (unpaired) electrons. The van der Waals surface area contributed by atoms with Gasteiger partial charge in [-0.25, -0.2) is 4.68 Å². The number of aromatic nitrogens is 2. The van der Waals surface area contributed by atoms with Crippen LogP contribution in [0.15, 0.2) is 30.5 Å². The predicted molar refractivity (Wildman–Crippen MR) is 93.6 cm³/mol. The number of benzene rings is 1. The molecule has 0 bridgehead atoms. The SMILES string of the molecule is CC(=O)NCCCN(C)C(=O)c1cnn(-c2cccc(Cl)c2)c1C. The molecule has 0 aliphatic rings. The van der Waals surface area contributed by atoms with E-state index in [1.165, 1.54) is 6.92 Å². The molecule has 0 saturated carbocycles. The van der Waals surface area contributed by atoms with Crippen molar-refractivity contribution in [3.8, 4) is 5.69 Å². The van der Waals surface area contributed by atoms with Crippen molar-refractivity contribution in [1.82, 2.24) is 20.0 Å². The minimum Gasteiger partial charge on any atom is -0.356 e. The first-order valence-corrected chi connectivity index (χ1v) is 8.08. The van der Waals surface area contributed by atoms with Gasteiger partial charge in [0.2, 0.25) is 5.91 Å². The summed E-state index contributed by atoms with van der Waals surface area (Å²) in [6, 6.07) is 7.32. The summed E-state index contributed by atoms with van der Waals surface area (Å²) in [5, 5.41) is 7.64. The van der Waals surface area contributed by atoms with E-state index in [1.54, 1.807) is 35.0 Å². The van der Waals surface area contributed by atoms with Gasteiger partial charge in [-0.05, 0) is 31.5 Å². The molecular weight excluding hydrogens is 328 g/mol. The maximum atomic E-state index is 12.6. The highest BCUT2D eigenvalue weighted by Gasteiger charge is 2.18. The van der Waals surface area contributed by atoms with Gasteiger partial charge < -0.3 is 10.2 Å². The van der Waals surface area contributed by atoms with Crippen molar-refractivity contribution in [2.24, 2.45) is 0 Å². The highest BCUT2D eigenvalue weighted by Crippen LogP contribution is 2.18. The van der Waals surface area contributed by atoms with E-state index in [-0.39, 0.29) is 11.8 Å². The van der Waals surface area contributed by atoms with E-state index in [4.69, 9.17) is 11.6 Å². The van der Waals surface area contributed by atoms with Crippen molar-refractivity contribution in [3.63, 3.8) is 0 Å². The molecule has 1 N–H and O–H groups in total. The smallest absolute Gasteiger partial charge is 0.257 e. The summed E-state index contributed by atoms with van der Waals surface area (Å²) in [6.07, 6.45) is 2.27. The molecule has 0 unspecified atom stereocenters. The molecular formula is C17H21ClN4O2. The number of amides is 2. The lowest BCUT2D eigenvalue weighted by Gasteiger charge is -2.17.